The molecule has 0 spiro atoms. The summed E-state index contributed by atoms with van der Waals surface area (Å²) in [5, 5.41) is 1.27. The number of hydrogen-bond donors (Lipinski definition) is 0. The van der Waals surface area contributed by atoms with Gasteiger partial charge < -0.3 is 0 Å². The summed E-state index contributed by atoms with van der Waals surface area (Å²) in [4.78, 5) is 4.08. The lowest BCUT2D eigenvalue weighted by atomic mass is 10.0. The Hall–Kier alpha value is -0.960. The van der Waals surface area contributed by atoms with E-state index in [4.69, 9.17) is 0 Å². The van der Waals surface area contributed by atoms with Gasteiger partial charge in [-0.15, -0.1) is 0 Å². The van der Waals surface area contributed by atoms with E-state index in [1.54, 1.807) is 11.5 Å². The maximum absolute atomic E-state index is 4.47. The predicted molar refractivity (Wildman–Crippen MR) is 56.1 cm³/mol. The van der Waals surface area contributed by atoms with Gasteiger partial charge in [-0.3, -0.25) is 4.98 Å². The second-order valence-electron chi connectivity index (χ2n) is 3.25. The Bertz CT molecular complexity index is 408. The number of pyridine rings is 1. The van der Waals surface area contributed by atoms with Gasteiger partial charge in [0.2, 0.25) is 0 Å². The highest BCUT2D eigenvalue weighted by Gasteiger charge is 2.10. The van der Waals surface area contributed by atoms with E-state index in [9.17, 15) is 0 Å². The largest absolute Gasteiger partial charge is 0.263 e. The summed E-state index contributed by atoms with van der Waals surface area (Å²) in [5.41, 5.74) is 1.23. The van der Waals surface area contributed by atoms with Gasteiger partial charge in [0, 0.05) is 17.8 Å². The summed E-state index contributed by atoms with van der Waals surface area (Å²) >= 11 is 1.55. The molecule has 0 saturated heterocycles. The van der Waals surface area contributed by atoms with Gasteiger partial charge in [-0.25, -0.2) is 0 Å². The van der Waals surface area contributed by atoms with Gasteiger partial charge in [-0.1, -0.05) is 13.8 Å². The van der Waals surface area contributed by atoms with Gasteiger partial charge in [0.15, 0.2) is 0 Å². The van der Waals surface area contributed by atoms with Crippen molar-refractivity contribution in [1.29, 1.82) is 0 Å². The highest BCUT2D eigenvalue weighted by Crippen LogP contribution is 2.28. The van der Waals surface area contributed by atoms with E-state index in [0.717, 1.165) is 6.42 Å². The summed E-state index contributed by atoms with van der Waals surface area (Å²) in [6.45, 7) is 4.41. The van der Waals surface area contributed by atoms with Crippen molar-refractivity contribution in [1.82, 2.24) is 9.36 Å². The molecule has 13 heavy (non-hydrogen) atoms. The predicted octanol–water partition coefficient (Wildman–Crippen LogP) is 3.20. The van der Waals surface area contributed by atoms with Crippen LogP contribution in [0.4, 0.5) is 0 Å². The minimum absolute atomic E-state index is 0.552. The van der Waals surface area contributed by atoms with Crippen molar-refractivity contribution in [3.05, 3.63) is 24.2 Å². The third-order valence-electron chi connectivity index (χ3n) is 2.38. The van der Waals surface area contributed by atoms with E-state index in [1.807, 2.05) is 12.4 Å². The van der Waals surface area contributed by atoms with Crippen molar-refractivity contribution in [2.75, 3.05) is 0 Å². The fourth-order valence-electron chi connectivity index (χ4n) is 1.36. The van der Waals surface area contributed by atoms with Gasteiger partial charge in [-0.05, 0) is 29.9 Å². The van der Waals surface area contributed by atoms with Crippen LogP contribution in [0.1, 0.15) is 31.9 Å². The highest BCUT2D eigenvalue weighted by molar-refractivity contribution is 7.13. The topological polar surface area (TPSA) is 25.8 Å². The van der Waals surface area contributed by atoms with E-state index in [1.165, 1.54) is 15.8 Å². The minimum Gasteiger partial charge on any atom is -0.263 e. The van der Waals surface area contributed by atoms with Crippen LogP contribution in [0, 0.1) is 0 Å². The van der Waals surface area contributed by atoms with Gasteiger partial charge in [-0.2, -0.15) is 4.37 Å². The standard InChI is InChI=1S/C10H12N2S/c1-3-7(2)10-8-4-5-11-6-9(8)13-12-10/h4-7H,3H2,1-2H3. The zero-order chi connectivity index (χ0) is 9.26. The van der Waals surface area contributed by atoms with Crippen LogP contribution in [0.2, 0.25) is 0 Å². The van der Waals surface area contributed by atoms with Crippen molar-refractivity contribution < 1.29 is 0 Å². The first-order valence-electron chi connectivity index (χ1n) is 4.52. The summed E-state index contributed by atoms with van der Waals surface area (Å²) in [6, 6.07) is 2.06. The smallest absolute Gasteiger partial charge is 0.0736 e. The number of fused-ring (bicyclic) bond motifs is 1. The first-order valence-corrected chi connectivity index (χ1v) is 5.29. The van der Waals surface area contributed by atoms with Crippen LogP contribution in [-0.2, 0) is 0 Å². The van der Waals surface area contributed by atoms with Crippen LogP contribution >= 0.6 is 11.5 Å². The molecule has 0 aliphatic carbocycles. The lowest BCUT2D eigenvalue weighted by molar-refractivity contribution is 0.723. The number of aromatic nitrogens is 2. The van der Waals surface area contributed by atoms with E-state index in [-0.39, 0.29) is 0 Å². The van der Waals surface area contributed by atoms with Crippen molar-refractivity contribution in [3.63, 3.8) is 0 Å². The molecule has 2 aromatic rings. The lowest BCUT2D eigenvalue weighted by Gasteiger charge is -2.03. The zero-order valence-corrected chi connectivity index (χ0v) is 8.64. The first-order chi connectivity index (χ1) is 6.33. The van der Waals surface area contributed by atoms with Gasteiger partial charge >= 0.3 is 0 Å². The Labute approximate surface area is 81.8 Å². The lowest BCUT2D eigenvalue weighted by Crippen LogP contribution is -1.91. The monoisotopic (exact) mass is 192 g/mol. The molecule has 3 heteroatoms. The second kappa shape index (κ2) is 3.42. The molecule has 2 nitrogen and oxygen atoms in total. The van der Waals surface area contributed by atoms with E-state index in [2.05, 4.69) is 29.3 Å². The van der Waals surface area contributed by atoms with Gasteiger partial charge in [0.25, 0.3) is 0 Å². The molecule has 0 N–H and O–H groups in total. The molecule has 0 radical (unpaired) electrons. The molecular formula is C10H12N2S. The summed E-state index contributed by atoms with van der Waals surface area (Å²) in [6.07, 6.45) is 4.86. The van der Waals surface area contributed by atoms with Crippen LogP contribution in [-0.4, -0.2) is 9.36 Å². The van der Waals surface area contributed by atoms with Crippen LogP contribution in [0.25, 0.3) is 10.1 Å². The fraction of sp³-hybridized carbons (Fsp3) is 0.400. The normalized spacial score (nSPS) is 13.4. The molecule has 0 amide bonds. The second-order valence-corrected chi connectivity index (χ2v) is 4.05. The number of nitrogens with zero attached hydrogens (tertiary/aromatic N) is 2. The number of rotatable bonds is 2. The molecule has 0 bridgehead atoms. The molecule has 68 valence electrons. The Kier molecular flexibility index (Phi) is 2.27. The molecule has 2 aromatic heterocycles. The van der Waals surface area contributed by atoms with E-state index < -0.39 is 0 Å². The molecule has 1 unspecified atom stereocenters. The summed E-state index contributed by atoms with van der Waals surface area (Å²) < 4.78 is 5.66. The molecule has 0 saturated carbocycles. The van der Waals surface area contributed by atoms with Gasteiger partial charge in [0.1, 0.15) is 0 Å². The van der Waals surface area contributed by atoms with Crippen molar-refractivity contribution >= 4 is 21.6 Å². The highest BCUT2D eigenvalue weighted by atomic mass is 32.1. The molecule has 2 rings (SSSR count). The third-order valence-corrected chi connectivity index (χ3v) is 3.19. The van der Waals surface area contributed by atoms with Crippen molar-refractivity contribution in [2.24, 2.45) is 0 Å². The molecular weight excluding hydrogens is 180 g/mol. The molecule has 0 aromatic carbocycles. The van der Waals surface area contributed by atoms with Crippen LogP contribution < -0.4 is 0 Å². The SMILES string of the molecule is CCC(C)c1nsc2cnccc12. The third kappa shape index (κ3) is 1.44. The first kappa shape index (κ1) is 8.63. The summed E-state index contributed by atoms with van der Waals surface area (Å²) in [7, 11) is 0. The molecule has 0 aliphatic heterocycles. The molecule has 0 fully saturated rings. The molecule has 0 aliphatic rings. The van der Waals surface area contributed by atoms with Crippen LogP contribution in [0.15, 0.2) is 18.5 Å². The number of hydrogen-bond acceptors (Lipinski definition) is 3. The summed E-state index contributed by atoms with van der Waals surface area (Å²) in [5.74, 6) is 0.552. The van der Waals surface area contributed by atoms with E-state index in [0.29, 0.717) is 5.92 Å². The average molecular weight is 192 g/mol. The Morgan fingerprint density at radius 1 is 1.54 bits per heavy atom. The quantitative estimate of drug-likeness (QED) is 0.730. The molecule has 1 atom stereocenters. The molecule has 2 heterocycles. The van der Waals surface area contributed by atoms with E-state index >= 15 is 0 Å². The fourth-order valence-corrected chi connectivity index (χ4v) is 2.21. The van der Waals surface area contributed by atoms with Crippen molar-refractivity contribution in [2.45, 2.75) is 26.2 Å². The van der Waals surface area contributed by atoms with Crippen LogP contribution in [0.5, 0.6) is 0 Å². The average Bonchev–Trinajstić information content (AvgIpc) is 2.60. The maximum Gasteiger partial charge on any atom is 0.0736 e. The van der Waals surface area contributed by atoms with Gasteiger partial charge in [0.05, 0.1) is 10.4 Å². The Morgan fingerprint density at radius 3 is 3.15 bits per heavy atom. The van der Waals surface area contributed by atoms with Crippen molar-refractivity contribution in [3.8, 4) is 0 Å². The Morgan fingerprint density at radius 2 is 2.38 bits per heavy atom. The maximum atomic E-state index is 4.47. The Balaban J connectivity index is 2.57. The van der Waals surface area contributed by atoms with Crippen LogP contribution in [0.3, 0.4) is 0 Å². The minimum atomic E-state index is 0.552. The zero-order valence-electron chi connectivity index (χ0n) is 7.82.